The third-order valence-electron chi connectivity index (χ3n) is 2.24. The van der Waals surface area contributed by atoms with Crippen molar-refractivity contribution in [2.24, 2.45) is 0 Å². The lowest BCUT2D eigenvalue weighted by Gasteiger charge is -2.07. The van der Waals surface area contributed by atoms with Gasteiger partial charge in [0, 0.05) is 13.2 Å². The van der Waals surface area contributed by atoms with Crippen LogP contribution in [0.15, 0.2) is 0 Å². The molecule has 22 heavy (non-hydrogen) atoms. The Morgan fingerprint density at radius 1 is 0.545 bits per heavy atom. The molecular weight excluding hydrogens is 296 g/mol. The Bertz CT molecular complexity index is 254. The van der Waals surface area contributed by atoms with Crippen LogP contribution in [0.5, 0.6) is 0 Å². The minimum absolute atomic E-state index is 0.00901. The Hall–Kier alpha value is -1.22. The summed E-state index contributed by atoms with van der Waals surface area (Å²) in [7, 11) is 0. The van der Waals surface area contributed by atoms with E-state index in [9.17, 15) is 9.59 Å². The first-order chi connectivity index (χ1) is 10.7. The van der Waals surface area contributed by atoms with Crippen molar-refractivity contribution >= 4 is 11.9 Å². The van der Waals surface area contributed by atoms with Crippen molar-refractivity contribution in [2.75, 3.05) is 66.1 Å². The SMILES string of the molecule is CCOCCOCCOC(=O)C(=O)OCCOCCOCC. The Morgan fingerprint density at radius 3 is 1.23 bits per heavy atom. The number of carbonyl (C=O) groups is 2. The molecular formula is C14H26O8. The summed E-state index contributed by atoms with van der Waals surface area (Å²) in [5.41, 5.74) is 0. The van der Waals surface area contributed by atoms with Crippen molar-refractivity contribution in [2.45, 2.75) is 13.8 Å². The number of ether oxygens (including phenoxy) is 6. The summed E-state index contributed by atoms with van der Waals surface area (Å²) < 4.78 is 29.7. The van der Waals surface area contributed by atoms with Crippen molar-refractivity contribution in [3.63, 3.8) is 0 Å². The van der Waals surface area contributed by atoms with Crippen molar-refractivity contribution in [3.8, 4) is 0 Å². The van der Waals surface area contributed by atoms with Gasteiger partial charge in [-0.15, -0.1) is 0 Å². The number of carbonyl (C=O) groups excluding carboxylic acids is 2. The minimum atomic E-state index is -1.04. The highest BCUT2D eigenvalue weighted by molar-refractivity contribution is 6.29. The average molecular weight is 322 g/mol. The Labute approximate surface area is 130 Å². The van der Waals surface area contributed by atoms with Crippen LogP contribution >= 0.6 is 0 Å². The zero-order valence-electron chi connectivity index (χ0n) is 13.3. The molecule has 0 aliphatic rings. The van der Waals surface area contributed by atoms with E-state index < -0.39 is 11.9 Å². The maximum absolute atomic E-state index is 11.2. The Balaban J connectivity index is 3.38. The normalized spacial score (nSPS) is 10.5. The van der Waals surface area contributed by atoms with Crippen LogP contribution in [-0.4, -0.2) is 78.0 Å². The lowest BCUT2D eigenvalue weighted by molar-refractivity contribution is -0.169. The molecule has 0 amide bonds. The van der Waals surface area contributed by atoms with Gasteiger partial charge in [-0.25, -0.2) is 9.59 Å². The zero-order valence-corrected chi connectivity index (χ0v) is 13.3. The summed E-state index contributed by atoms with van der Waals surface area (Å²) in [4.78, 5) is 22.5. The van der Waals surface area contributed by atoms with Gasteiger partial charge in [0.1, 0.15) is 13.2 Å². The summed E-state index contributed by atoms with van der Waals surface area (Å²) >= 11 is 0. The molecule has 130 valence electrons. The molecule has 0 aromatic rings. The standard InChI is InChI=1S/C14H26O8/c1-3-17-5-7-19-9-11-21-13(15)14(16)22-12-10-20-8-6-18-4-2/h3-12H2,1-2H3. The van der Waals surface area contributed by atoms with Crippen LogP contribution < -0.4 is 0 Å². The molecule has 0 aromatic carbocycles. The third-order valence-corrected chi connectivity index (χ3v) is 2.24. The maximum Gasteiger partial charge on any atom is 0.417 e. The van der Waals surface area contributed by atoms with Gasteiger partial charge < -0.3 is 28.4 Å². The summed E-state index contributed by atoms with van der Waals surface area (Å²) in [6.45, 7) is 7.19. The molecule has 0 rings (SSSR count). The highest BCUT2D eigenvalue weighted by atomic mass is 16.6. The molecule has 0 saturated carbocycles. The Morgan fingerprint density at radius 2 is 0.864 bits per heavy atom. The second-order valence-electron chi connectivity index (χ2n) is 3.89. The smallest absolute Gasteiger partial charge is 0.417 e. The lowest BCUT2D eigenvalue weighted by atomic mass is 10.6. The predicted molar refractivity (Wildman–Crippen MR) is 76.5 cm³/mol. The first-order valence-corrected chi connectivity index (χ1v) is 7.37. The highest BCUT2D eigenvalue weighted by Crippen LogP contribution is 1.88. The van der Waals surface area contributed by atoms with Gasteiger partial charge in [0.25, 0.3) is 0 Å². The van der Waals surface area contributed by atoms with E-state index in [0.717, 1.165) is 0 Å². The molecule has 8 heteroatoms. The topological polar surface area (TPSA) is 89.5 Å². The molecule has 0 fully saturated rings. The van der Waals surface area contributed by atoms with E-state index in [4.69, 9.17) is 18.9 Å². The van der Waals surface area contributed by atoms with E-state index in [1.54, 1.807) is 0 Å². The molecule has 0 bridgehead atoms. The van der Waals surface area contributed by atoms with Gasteiger partial charge in [-0.05, 0) is 13.8 Å². The van der Waals surface area contributed by atoms with Crippen LogP contribution in [-0.2, 0) is 38.0 Å². The number of hydrogen-bond donors (Lipinski definition) is 0. The van der Waals surface area contributed by atoms with Crippen molar-refractivity contribution in [1.29, 1.82) is 0 Å². The van der Waals surface area contributed by atoms with Gasteiger partial charge in [-0.1, -0.05) is 0 Å². The zero-order chi connectivity index (χ0) is 16.5. The van der Waals surface area contributed by atoms with Gasteiger partial charge in [0.05, 0.1) is 39.6 Å². The molecule has 0 aromatic heterocycles. The van der Waals surface area contributed by atoms with E-state index in [0.29, 0.717) is 39.6 Å². The van der Waals surface area contributed by atoms with Crippen molar-refractivity contribution in [3.05, 3.63) is 0 Å². The van der Waals surface area contributed by atoms with Crippen LogP contribution in [0, 0.1) is 0 Å². The molecule has 8 nitrogen and oxygen atoms in total. The first kappa shape index (κ1) is 20.8. The molecule has 0 atom stereocenters. The van der Waals surface area contributed by atoms with Gasteiger partial charge in [0.15, 0.2) is 0 Å². The second kappa shape index (κ2) is 16.2. The molecule has 0 N–H and O–H groups in total. The monoisotopic (exact) mass is 322 g/mol. The van der Waals surface area contributed by atoms with Gasteiger partial charge in [0.2, 0.25) is 0 Å². The van der Waals surface area contributed by atoms with Crippen LogP contribution in [0.3, 0.4) is 0 Å². The number of esters is 2. The molecule has 0 unspecified atom stereocenters. The second-order valence-corrected chi connectivity index (χ2v) is 3.89. The van der Waals surface area contributed by atoms with E-state index in [-0.39, 0.29) is 26.4 Å². The first-order valence-electron chi connectivity index (χ1n) is 7.37. The highest BCUT2D eigenvalue weighted by Gasteiger charge is 2.16. The summed E-state index contributed by atoms with van der Waals surface area (Å²) in [6, 6.07) is 0. The molecule has 0 saturated heterocycles. The largest absolute Gasteiger partial charge is 0.455 e. The molecule has 0 heterocycles. The van der Waals surface area contributed by atoms with E-state index >= 15 is 0 Å². The van der Waals surface area contributed by atoms with Gasteiger partial charge in [-0.3, -0.25) is 0 Å². The summed E-state index contributed by atoms with van der Waals surface area (Å²) in [5, 5.41) is 0. The fraction of sp³-hybridized carbons (Fsp3) is 0.857. The van der Waals surface area contributed by atoms with Crippen molar-refractivity contribution in [1.82, 2.24) is 0 Å². The van der Waals surface area contributed by atoms with E-state index in [2.05, 4.69) is 9.47 Å². The van der Waals surface area contributed by atoms with E-state index in [1.807, 2.05) is 13.8 Å². The average Bonchev–Trinajstić information content (AvgIpc) is 2.52. The predicted octanol–water partition coefficient (Wildman–Crippen LogP) is 0.179. The quantitative estimate of drug-likeness (QED) is 0.254. The molecule has 0 aliphatic carbocycles. The van der Waals surface area contributed by atoms with Gasteiger partial charge >= 0.3 is 11.9 Å². The van der Waals surface area contributed by atoms with Crippen molar-refractivity contribution < 1.29 is 38.0 Å². The maximum atomic E-state index is 11.2. The van der Waals surface area contributed by atoms with Crippen LogP contribution in [0.25, 0.3) is 0 Å². The van der Waals surface area contributed by atoms with Crippen LogP contribution in [0.1, 0.15) is 13.8 Å². The third kappa shape index (κ3) is 13.7. The summed E-state index contributed by atoms with van der Waals surface area (Å²) in [6.07, 6.45) is 0. The summed E-state index contributed by atoms with van der Waals surface area (Å²) in [5.74, 6) is -2.08. The number of rotatable bonds is 14. The van der Waals surface area contributed by atoms with Crippen LogP contribution in [0.4, 0.5) is 0 Å². The fourth-order valence-electron chi connectivity index (χ4n) is 1.23. The molecule has 0 aliphatic heterocycles. The minimum Gasteiger partial charge on any atom is -0.455 e. The number of hydrogen-bond acceptors (Lipinski definition) is 8. The molecule has 0 radical (unpaired) electrons. The molecule has 0 spiro atoms. The Kier molecular flexibility index (Phi) is 15.3. The fourth-order valence-corrected chi connectivity index (χ4v) is 1.23. The van der Waals surface area contributed by atoms with E-state index in [1.165, 1.54) is 0 Å². The lowest BCUT2D eigenvalue weighted by Crippen LogP contribution is -2.24. The van der Waals surface area contributed by atoms with Gasteiger partial charge in [-0.2, -0.15) is 0 Å². The van der Waals surface area contributed by atoms with Crippen LogP contribution in [0.2, 0.25) is 0 Å².